The van der Waals surface area contributed by atoms with Crippen LogP contribution in [0, 0.1) is 0 Å². The summed E-state index contributed by atoms with van der Waals surface area (Å²) in [6.45, 7) is 2.41. The Labute approximate surface area is 195 Å². The van der Waals surface area contributed by atoms with Gasteiger partial charge in [0, 0.05) is 11.4 Å². The minimum atomic E-state index is -0.184. The Hall–Kier alpha value is -3.26. The van der Waals surface area contributed by atoms with E-state index < -0.39 is 0 Å². The predicted molar refractivity (Wildman–Crippen MR) is 130 cm³/mol. The van der Waals surface area contributed by atoms with Crippen molar-refractivity contribution in [3.8, 4) is 5.75 Å². The van der Waals surface area contributed by atoms with E-state index in [1.54, 1.807) is 4.57 Å². The topological polar surface area (TPSA) is 86.4 Å². The first-order valence-electron chi connectivity index (χ1n) is 11.2. The molecular weight excluding hydrogens is 438 g/mol. The molecule has 1 fully saturated rings. The molecule has 2 aromatic carbocycles. The molecule has 4 aromatic rings. The Morgan fingerprint density at radius 1 is 1.18 bits per heavy atom. The summed E-state index contributed by atoms with van der Waals surface area (Å²) in [5.41, 5.74) is 1.93. The zero-order valence-electron chi connectivity index (χ0n) is 18.4. The Kier molecular flexibility index (Phi) is 6.09. The number of amides is 1. The van der Waals surface area contributed by atoms with Gasteiger partial charge in [-0.15, -0.1) is 0 Å². The number of ether oxygens (including phenoxy) is 1. The third-order valence-corrected chi connectivity index (χ3v) is 6.83. The number of nitrogens with zero attached hydrogens (tertiary/aromatic N) is 2. The molecule has 0 saturated heterocycles. The fraction of sp³-hybridized carbons (Fsp3) is 0.320. The molecule has 1 amide bonds. The van der Waals surface area contributed by atoms with Gasteiger partial charge in [-0.25, -0.2) is 4.98 Å². The number of carbonyl (C=O) groups is 1. The van der Waals surface area contributed by atoms with E-state index in [0.29, 0.717) is 34.3 Å². The first-order chi connectivity index (χ1) is 16.2. The highest BCUT2D eigenvalue weighted by Gasteiger charge is 2.25. The molecule has 7 nitrogen and oxygen atoms in total. The summed E-state index contributed by atoms with van der Waals surface area (Å²) in [6, 6.07) is 14.9. The molecule has 8 heteroatoms. The first kappa shape index (κ1) is 21.6. The number of hydrogen-bond donors (Lipinski definition) is 1. The SMILES string of the molecule is CCOc1ccccc1NC(=O)CSc1nc2c(oc3ccccc32)c(=O)n1C1CCCC1. The van der Waals surface area contributed by atoms with E-state index >= 15 is 0 Å². The monoisotopic (exact) mass is 463 g/mol. The van der Waals surface area contributed by atoms with Crippen molar-refractivity contribution in [2.75, 3.05) is 17.7 Å². The molecule has 2 heterocycles. The van der Waals surface area contributed by atoms with Crippen molar-refractivity contribution in [1.82, 2.24) is 9.55 Å². The van der Waals surface area contributed by atoms with E-state index in [9.17, 15) is 9.59 Å². The number of para-hydroxylation sites is 3. The maximum atomic E-state index is 13.5. The molecule has 0 atom stereocenters. The van der Waals surface area contributed by atoms with Crippen LogP contribution in [0.2, 0.25) is 0 Å². The van der Waals surface area contributed by atoms with Crippen molar-refractivity contribution < 1.29 is 13.9 Å². The molecule has 0 aliphatic heterocycles. The van der Waals surface area contributed by atoms with Gasteiger partial charge in [0.2, 0.25) is 11.5 Å². The summed E-state index contributed by atoms with van der Waals surface area (Å²) in [6.07, 6.45) is 4.01. The summed E-state index contributed by atoms with van der Waals surface area (Å²) in [5, 5.41) is 4.27. The molecule has 1 saturated carbocycles. The number of nitrogens with one attached hydrogen (secondary N) is 1. The maximum absolute atomic E-state index is 13.5. The van der Waals surface area contributed by atoms with Crippen LogP contribution < -0.4 is 15.6 Å². The Bertz CT molecular complexity index is 1370. The third-order valence-electron chi connectivity index (χ3n) is 5.88. The standard InChI is InChI=1S/C25H25N3O4S/c1-2-31-20-14-8-6-12-18(20)26-21(29)15-33-25-27-22-17-11-5-7-13-19(17)32-23(22)24(30)28(25)16-9-3-4-10-16/h5-8,11-14,16H,2-4,9-10,15H2,1H3,(H,26,29). The van der Waals surface area contributed by atoms with Gasteiger partial charge < -0.3 is 14.5 Å². The van der Waals surface area contributed by atoms with Crippen LogP contribution in [0.4, 0.5) is 5.69 Å². The number of anilines is 1. The van der Waals surface area contributed by atoms with Gasteiger partial charge in [-0.3, -0.25) is 14.2 Å². The molecule has 5 rings (SSSR count). The van der Waals surface area contributed by atoms with Crippen LogP contribution in [0.1, 0.15) is 38.6 Å². The Morgan fingerprint density at radius 2 is 1.94 bits per heavy atom. The quantitative estimate of drug-likeness (QED) is 0.292. The summed E-state index contributed by atoms with van der Waals surface area (Å²) >= 11 is 1.28. The largest absolute Gasteiger partial charge is 0.492 e. The van der Waals surface area contributed by atoms with Gasteiger partial charge in [-0.2, -0.15) is 0 Å². The van der Waals surface area contributed by atoms with Crippen LogP contribution in [0.3, 0.4) is 0 Å². The summed E-state index contributed by atoms with van der Waals surface area (Å²) in [4.78, 5) is 31.0. The van der Waals surface area contributed by atoms with E-state index in [1.165, 1.54) is 11.8 Å². The second-order valence-electron chi connectivity index (χ2n) is 8.05. The molecule has 1 aliphatic rings. The smallest absolute Gasteiger partial charge is 0.298 e. The van der Waals surface area contributed by atoms with Crippen molar-refractivity contribution in [3.63, 3.8) is 0 Å². The number of benzene rings is 2. The number of hydrogen-bond acceptors (Lipinski definition) is 6. The average Bonchev–Trinajstić information content (AvgIpc) is 3.48. The van der Waals surface area contributed by atoms with Crippen molar-refractivity contribution in [1.29, 1.82) is 0 Å². The van der Waals surface area contributed by atoms with Gasteiger partial charge >= 0.3 is 0 Å². The van der Waals surface area contributed by atoms with Gasteiger partial charge in [0.15, 0.2) is 5.16 Å². The molecule has 33 heavy (non-hydrogen) atoms. The van der Waals surface area contributed by atoms with E-state index in [4.69, 9.17) is 14.1 Å². The summed E-state index contributed by atoms with van der Waals surface area (Å²) in [7, 11) is 0. The Morgan fingerprint density at radius 3 is 2.76 bits per heavy atom. The molecule has 1 N–H and O–H groups in total. The normalized spacial score (nSPS) is 14.2. The lowest BCUT2D eigenvalue weighted by molar-refractivity contribution is -0.113. The second kappa shape index (κ2) is 9.31. The molecule has 1 aliphatic carbocycles. The van der Waals surface area contributed by atoms with Crippen LogP contribution in [0.15, 0.2) is 62.9 Å². The van der Waals surface area contributed by atoms with Crippen molar-refractivity contribution in [2.24, 2.45) is 0 Å². The first-order valence-corrected chi connectivity index (χ1v) is 12.2. The van der Waals surface area contributed by atoms with Crippen LogP contribution >= 0.6 is 11.8 Å². The summed E-state index contributed by atoms with van der Waals surface area (Å²) in [5.74, 6) is 0.572. The number of thioether (sulfide) groups is 1. The lowest BCUT2D eigenvalue weighted by Crippen LogP contribution is -2.26. The van der Waals surface area contributed by atoms with Gasteiger partial charge in [0.05, 0.1) is 18.0 Å². The van der Waals surface area contributed by atoms with E-state index in [-0.39, 0.29) is 28.8 Å². The second-order valence-corrected chi connectivity index (χ2v) is 8.99. The highest BCUT2D eigenvalue weighted by Crippen LogP contribution is 2.34. The molecular formula is C25H25N3O4S. The minimum absolute atomic E-state index is 0.0758. The fourth-order valence-corrected chi connectivity index (χ4v) is 5.25. The molecule has 170 valence electrons. The lowest BCUT2D eigenvalue weighted by Gasteiger charge is -2.17. The van der Waals surface area contributed by atoms with Gasteiger partial charge in [0.25, 0.3) is 5.56 Å². The van der Waals surface area contributed by atoms with E-state index in [2.05, 4.69) is 5.32 Å². The zero-order chi connectivity index (χ0) is 22.8. The number of fused-ring (bicyclic) bond motifs is 3. The van der Waals surface area contributed by atoms with Gasteiger partial charge in [0.1, 0.15) is 16.8 Å². The highest BCUT2D eigenvalue weighted by atomic mass is 32.2. The number of aromatic nitrogens is 2. The van der Waals surface area contributed by atoms with Crippen LogP contribution in [0.5, 0.6) is 5.75 Å². The zero-order valence-corrected chi connectivity index (χ0v) is 19.2. The van der Waals surface area contributed by atoms with E-state index in [0.717, 1.165) is 31.1 Å². The van der Waals surface area contributed by atoms with E-state index in [1.807, 2.05) is 55.5 Å². The molecule has 0 unspecified atom stereocenters. The van der Waals surface area contributed by atoms with Crippen molar-refractivity contribution >= 4 is 45.4 Å². The molecule has 2 aromatic heterocycles. The van der Waals surface area contributed by atoms with Crippen LogP contribution in [0.25, 0.3) is 22.1 Å². The lowest BCUT2D eigenvalue weighted by atomic mass is 10.2. The molecule has 0 spiro atoms. The van der Waals surface area contributed by atoms with Crippen LogP contribution in [-0.4, -0.2) is 27.8 Å². The van der Waals surface area contributed by atoms with Crippen LogP contribution in [-0.2, 0) is 4.79 Å². The molecule has 0 bridgehead atoms. The van der Waals surface area contributed by atoms with Gasteiger partial charge in [-0.1, -0.05) is 48.9 Å². The number of furan rings is 1. The van der Waals surface area contributed by atoms with Crippen molar-refractivity contribution in [3.05, 3.63) is 58.9 Å². The maximum Gasteiger partial charge on any atom is 0.298 e. The summed E-state index contributed by atoms with van der Waals surface area (Å²) < 4.78 is 13.2. The number of rotatable bonds is 7. The molecule has 0 radical (unpaired) electrons. The minimum Gasteiger partial charge on any atom is -0.492 e. The number of carbonyl (C=O) groups excluding carboxylic acids is 1. The predicted octanol–water partition coefficient (Wildman–Crippen LogP) is 5.39. The van der Waals surface area contributed by atoms with Crippen molar-refractivity contribution in [2.45, 2.75) is 43.8 Å². The highest BCUT2D eigenvalue weighted by molar-refractivity contribution is 7.99. The van der Waals surface area contributed by atoms with Gasteiger partial charge in [-0.05, 0) is 44.0 Å². The Balaban J connectivity index is 1.46. The third kappa shape index (κ3) is 4.23. The average molecular weight is 464 g/mol. The fourth-order valence-electron chi connectivity index (χ4n) is 4.39.